The van der Waals surface area contributed by atoms with E-state index in [1.54, 1.807) is 6.07 Å². The molecule has 110 valence electrons. The van der Waals surface area contributed by atoms with Gasteiger partial charge in [0.05, 0.1) is 0 Å². The number of amides is 1. The Balaban J connectivity index is 2.09. The van der Waals surface area contributed by atoms with E-state index in [1.807, 2.05) is 30.3 Å². The molecule has 3 nitrogen and oxygen atoms in total. The van der Waals surface area contributed by atoms with Gasteiger partial charge in [0, 0.05) is 22.1 Å². The predicted octanol–water partition coefficient (Wildman–Crippen LogP) is 3.57. The Morgan fingerprint density at radius 2 is 1.86 bits per heavy atom. The Kier molecular flexibility index (Phi) is 4.80. The van der Waals surface area contributed by atoms with Crippen LogP contribution in [0.5, 0.6) is 0 Å². The molecular weight excluding hydrogens is 328 g/mol. The van der Waals surface area contributed by atoms with E-state index in [1.165, 1.54) is 5.56 Å². The van der Waals surface area contributed by atoms with Crippen molar-refractivity contribution in [2.45, 2.75) is 25.9 Å². The second-order valence-electron chi connectivity index (χ2n) is 5.55. The Labute approximate surface area is 133 Å². The van der Waals surface area contributed by atoms with Crippen LogP contribution in [0.4, 0.5) is 0 Å². The zero-order valence-electron chi connectivity index (χ0n) is 12.2. The van der Waals surface area contributed by atoms with E-state index < -0.39 is 5.91 Å². The lowest BCUT2D eigenvalue weighted by atomic mass is 9.94. The fourth-order valence-electron chi connectivity index (χ4n) is 2.13. The van der Waals surface area contributed by atoms with Crippen LogP contribution in [0.25, 0.3) is 0 Å². The van der Waals surface area contributed by atoms with Gasteiger partial charge in [-0.05, 0) is 49.2 Å². The molecule has 3 N–H and O–H groups in total. The number of hydrogen-bond donors (Lipinski definition) is 2. The molecule has 0 spiro atoms. The molecule has 0 aromatic heterocycles. The molecule has 2 aromatic rings. The summed E-state index contributed by atoms with van der Waals surface area (Å²) in [6.45, 7) is 4.94. The summed E-state index contributed by atoms with van der Waals surface area (Å²) in [7, 11) is 0. The van der Waals surface area contributed by atoms with Crippen LogP contribution >= 0.6 is 15.9 Å². The molecule has 0 aliphatic carbocycles. The van der Waals surface area contributed by atoms with E-state index in [-0.39, 0.29) is 5.54 Å². The van der Waals surface area contributed by atoms with Gasteiger partial charge in [-0.3, -0.25) is 4.79 Å². The number of carbonyl (C=O) groups excluding carboxylic acids is 1. The summed E-state index contributed by atoms with van der Waals surface area (Å²) in [5.74, 6) is -0.399. The average Bonchev–Trinajstić information content (AvgIpc) is 2.46. The van der Waals surface area contributed by atoms with Gasteiger partial charge >= 0.3 is 0 Å². The molecule has 0 saturated heterocycles. The van der Waals surface area contributed by atoms with Crippen LogP contribution in [0.1, 0.15) is 35.3 Å². The number of nitrogens with two attached hydrogens (primary N) is 1. The molecule has 0 saturated carbocycles. The van der Waals surface area contributed by atoms with Crippen LogP contribution in [-0.2, 0) is 12.1 Å². The maximum atomic E-state index is 11.2. The van der Waals surface area contributed by atoms with Crippen LogP contribution in [-0.4, -0.2) is 5.91 Å². The molecule has 0 unspecified atom stereocenters. The van der Waals surface area contributed by atoms with Gasteiger partial charge in [-0.2, -0.15) is 0 Å². The topological polar surface area (TPSA) is 55.1 Å². The Morgan fingerprint density at radius 1 is 1.19 bits per heavy atom. The SMILES string of the molecule is CC(C)(NCc1cccc(C(N)=O)c1)c1ccc(Br)cc1. The molecular formula is C17H19BrN2O. The first-order valence-corrected chi connectivity index (χ1v) is 7.57. The second-order valence-corrected chi connectivity index (χ2v) is 6.47. The standard InChI is InChI=1S/C17H19BrN2O/c1-17(2,14-6-8-15(18)9-7-14)20-11-12-4-3-5-13(10-12)16(19)21/h3-10,20H,11H2,1-2H3,(H2,19,21). The first kappa shape index (κ1) is 15.7. The van der Waals surface area contributed by atoms with Gasteiger partial charge in [-0.15, -0.1) is 0 Å². The minimum atomic E-state index is -0.399. The van der Waals surface area contributed by atoms with Crippen molar-refractivity contribution in [1.29, 1.82) is 0 Å². The van der Waals surface area contributed by atoms with Gasteiger partial charge in [0.1, 0.15) is 0 Å². The molecule has 21 heavy (non-hydrogen) atoms. The van der Waals surface area contributed by atoms with E-state index >= 15 is 0 Å². The van der Waals surface area contributed by atoms with Crippen LogP contribution in [0.2, 0.25) is 0 Å². The van der Waals surface area contributed by atoms with Crippen molar-refractivity contribution >= 4 is 21.8 Å². The predicted molar refractivity (Wildman–Crippen MR) is 89.0 cm³/mol. The smallest absolute Gasteiger partial charge is 0.248 e. The second kappa shape index (κ2) is 6.41. The Morgan fingerprint density at radius 3 is 2.48 bits per heavy atom. The number of rotatable bonds is 5. The number of carbonyl (C=O) groups is 1. The maximum absolute atomic E-state index is 11.2. The molecule has 0 heterocycles. The third-order valence-electron chi connectivity index (χ3n) is 3.51. The van der Waals surface area contributed by atoms with Crippen molar-refractivity contribution in [1.82, 2.24) is 5.32 Å². The van der Waals surface area contributed by atoms with Crippen LogP contribution < -0.4 is 11.1 Å². The van der Waals surface area contributed by atoms with E-state index in [2.05, 4.69) is 47.2 Å². The molecule has 0 bridgehead atoms. The number of halogens is 1. The van der Waals surface area contributed by atoms with Crippen LogP contribution in [0, 0.1) is 0 Å². The van der Waals surface area contributed by atoms with Gasteiger partial charge in [0.15, 0.2) is 0 Å². The lowest BCUT2D eigenvalue weighted by Gasteiger charge is -2.27. The van der Waals surface area contributed by atoms with Crippen molar-refractivity contribution < 1.29 is 4.79 Å². The summed E-state index contributed by atoms with van der Waals surface area (Å²) in [5, 5.41) is 3.51. The minimum absolute atomic E-state index is 0.163. The lowest BCUT2D eigenvalue weighted by Crippen LogP contribution is -2.35. The molecule has 0 fully saturated rings. The van der Waals surface area contributed by atoms with Gasteiger partial charge in [-0.1, -0.05) is 40.2 Å². The van der Waals surface area contributed by atoms with Crippen LogP contribution in [0.3, 0.4) is 0 Å². The van der Waals surface area contributed by atoms with Crippen molar-refractivity contribution in [3.05, 3.63) is 69.7 Å². The monoisotopic (exact) mass is 346 g/mol. The summed E-state index contributed by atoms with van der Waals surface area (Å²) in [6, 6.07) is 15.6. The van der Waals surface area contributed by atoms with Gasteiger partial charge in [0.2, 0.25) is 5.91 Å². The molecule has 0 aliphatic rings. The highest BCUT2D eigenvalue weighted by Gasteiger charge is 2.19. The van der Waals surface area contributed by atoms with Crippen molar-refractivity contribution in [3.8, 4) is 0 Å². The number of nitrogens with one attached hydrogen (secondary N) is 1. The third kappa shape index (κ3) is 4.16. The first-order valence-electron chi connectivity index (χ1n) is 6.78. The molecule has 1 amide bonds. The van der Waals surface area contributed by atoms with Crippen LogP contribution in [0.15, 0.2) is 53.0 Å². The highest BCUT2D eigenvalue weighted by Crippen LogP contribution is 2.22. The van der Waals surface area contributed by atoms with Crippen molar-refractivity contribution in [2.24, 2.45) is 5.73 Å². The van der Waals surface area contributed by atoms with Gasteiger partial charge < -0.3 is 11.1 Å². The van der Waals surface area contributed by atoms with E-state index in [9.17, 15) is 4.79 Å². The average molecular weight is 347 g/mol. The minimum Gasteiger partial charge on any atom is -0.366 e. The maximum Gasteiger partial charge on any atom is 0.248 e. The fourth-order valence-corrected chi connectivity index (χ4v) is 2.39. The summed E-state index contributed by atoms with van der Waals surface area (Å²) >= 11 is 3.45. The summed E-state index contributed by atoms with van der Waals surface area (Å²) in [4.78, 5) is 11.2. The molecule has 4 heteroatoms. The number of hydrogen-bond acceptors (Lipinski definition) is 2. The molecule has 0 radical (unpaired) electrons. The fraction of sp³-hybridized carbons (Fsp3) is 0.235. The van der Waals surface area contributed by atoms with E-state index in [4.69, 9.17) is 5.73 Å². The molecule has 0 atom stereocenters. The normalized spacial score (nSPS) is 11.4. The highest BCUT2D eigenvalue weighted by atomic mass is 79.9. The molecule has 2 aromatic carbocycles. The van der Waals surface area contributed by atoms with E-state index in [0.717, 1.165) is 10.0 Å². The Hall–Kier alpha value is -1.65. The summed E-state index contributed by atoms with van der Waals surface area (Å²) in [5.41, 5.74) is 7.92. The van der Waals surface area contributed by atoms with Crippen molar-refractivity contribution in [3.63, 3.8) is 0 Å². The first-order chi connectivity index (χ1) is 9.88. The zero-order chi connectivity index (χ0) is 15.5. The number of benzene rings is 2. The lowest BCUT2D eigenvalue weighted by molar-refractivity contribution is 0.1000. The number of primary amides is 1. The molecule has 0 aliphatic heterocycles. The third-order valence-corrected chi connectivity index (χ3v) is 4.04. The zero-order valence-corrected chi connectivity index (χ0v) is 13.8. The van der Waals surface area contributed by atoms with Gasteiger partial charge in [-0.25, -0.2) is 0 Å². The summed E-state index contributed by atoms with van der Waals surface area (Å²) in [6.07, 6.45) is 0. The Bertz CT molecular complexity index is 635. The largest absolute Gasteiger partial charge is 0.366 e. The van der Waals surface area contributed by atoms with E-state index in [0.29, 0.717) is 12.1 Å². The highest BCUT2D eigenvalue weighted by molar-refractivity contribution is 9.10. The molecule has 2 rings (SSSR count). The summed E-state index contributed by atoms with van der Waals surface area (Å²) < 4.78 is 1.07. The van der Waals surface area contributed by atoms with Crippen molar-refractivity contribution in [2.75, 3.05) is 0 Å². The van der Waals surface area contributed by atoms with Gasteiger partial charge in [0.25, 0.3) is 0 Å². The quantitative estimate of drug-likeness (QED) is 0.869.